The second-order valence-corrected chi connectivity index (χ2v) is 4.90. The molecule has 0 aromatic carbocycles. The van der Waals surface area contributed by atoms with Gasteiger partial charge in [-0.15, -0.1) is 0 Å². The number of amides is 2. The lowest BCUT2D eigenvalue weighted by Gasteiger charge is -2.18. The van der Waals surface area contributed by atoms with Gasteiger partial charge in [-0.1, -0.05) is 0 Å². The van der Waals surface area contributed by atoms with Gasteiger partial charge in [-0.2, -0.15) is 0 Å². The summed E-state index contributed by atoms with van der Waals surface area (Å²) in [5.74, 6) is 0.685. The van der Waals surface area contributed by atoms with Crippen LogP contribution in [0.3, 0.4) is 0 Å². The Morgan fingerprint density at radius 2 is 2.24 bits per heavy atom. The quantitative estimate of drug-likeness (QED) is 0.811. The van der Waals surface area contributed by atoms with Crippen molar-refractivity contribution in [3.63, 3.8) is 0 Å². The molecule has 94 valence electrons. The van der Waals surface area contributed by atoms with Crippen molar-refractivity contribution in [3.05, 3.63) is 18.7 Å². The monoisotopic (exact) mass is 236 g/mol. The Morgan fingerprint density at radius 3 is 2.82 bits per heavy atom. The first-order chi connectivity index (χ1) is 8.15. The van der Waals surface area contributed by atoms with Crippen molar-refractivity contribution >= 4 is 6.03 Å². The molecule has 0 radical (unpaired) electrons. The first-order valence-electron chi connectivity index (χ1n) is 6.18. The molecule has 1 heterocycles. The molecule has 1 saturated carbocycles. The zero-order valence-corrected chi connectivity index (χ0v) is 10.4. The first kappa shape index (κ1) is 12.0. The van der Waals surface area contributed by atoms with Crippen LogP contribution in [0.4, 0.5) is 4.79 Å². The fraction of sp³-hybridized carbons (Fsp3) is 0.667. The van der Waals surface area contributed by atoms with Crippen LogP contribution in [-0.2, 0) is 6.54 Å². The highest BCUT2D eigenvalue weighted by Gasteiger charge is 2.28. The molecule has 0 spiro atoms. The molecule has 1 aromatic rings. The predicted molar refractivity (Wildman–Crippen MR) is 65.5 cm³/mol. The number of hydrogen-bond acceptors (Lipinski definition) is 2. The zero-order valence-electron chi connectivity index (χ0n) is 10.4. The molecule has 2 amide bonds. The van der Waals surface area contributed by atoms with Crippen molar-refractivity contribution in [3.8, 4) is 0 Å². The Labute approximate surface area is 102 Å². The van der Waals surface area contributed by atoms with Gasteiger partial charge in [-0.05, 0) is 32.6 Å². The average molecular weight is 236 g/mol. The molecule has 5 heteroatoms. The number of carbonyl (C=O) groups excluding carboxylic acids is 1. The van der Waals surface area contributed by atoms with Crippen LogP contribution in [0.1, 0.15) is 26.7 Å². The molecule has 0 bridgehead atoms. The molecule has 1 aromatic heterocycles. The summed E-state index contributed by atoms with van der Waals surface area (Å²) in [4.78, 5) is 15.6. The smallest absolute Gasteiger partial charge is 0.315 e. The van der Waals surface area contributed by atoms with Gasteiger partial charge in [-0.3, -0.25) is 0 Å². The SMILES string of the molecule is CC(Cn1ccnc1)NC(=O)NC(C)C1CC1. The minimum absolute atomic E-state index is 0.0722. The number of nitrogens with zero attached hydrogens (tertiary/aromatic N) is 2. The standard InChI is InChI=1S/C12H20N4O/c1-9(7-16-6-5-13-8-16)14-12(17)15-10(2)11-3-4-11/h5-6,8-11H,3-4,7H2,1-2H3,(H2,14,15,17). The average Bonchev–Trinajstić information content (AvgIpc) is 2.99. The van der Waals surface area contributed by atoms with Crippen LogP contribution in [0.25, 0.3) is 0 Å². The highest BCUT2D eigenvalue weighted by atomic mass is 16.2. The highest BCUT2D eigenvalue weighted by molar-refractivity contribution is 5.74. The lowest BCUT2D eigenvalue weighted by atomic mass is 10.2. The van der Waals surface area contributed by atoms with E-state index in [1.54, 1.807) is 12.5 Å². The Balaban J connectivity index is 1.70. The molecule has 0 saturated heterocycles. The van der Waals surface area contributed by atoms with Crippen molar-refractivity contribution in [1.82, 2.24) is 20.2 Å². The van der Waals surface area contributed by atoms with Crippen LogP contribution in [0.2, 0.25) is 0 Å². The van der Waals surface area contributed by atoms with Crippen molar-refractivity contribution in [2.75, 3.05) is 0 Å². The second-order valence-electron chi connectivity index (χ2n) is 4.90. The first-order valence-corrected chi connectivity index (χ1v) is 6.18. The number of imidazole rings is 1. The zero-order chi connectivity index (χ0) is 12.3. The maximum Gasteiger partial charge on any atom is 0.315 e. The molecule has 2 rings (SSSR count). The third-order valence-corrected chi connectivity index (χ3v) is 3.11. The minimum Gasteiger partial charge on any atom is -0.335 e. The Morgan fingerprint density at radius 1 is 1.47 bits per heavy atom. The summed E-state index contributed by atoms with van der Waals surface area (Å²) < 4.78 is 1.95. The predicted octanol–water partition coefficient (Wildman–Crippen LogP) is 1.37. The van der Waals surface area contributed by atoms with Crippen LogP contribution >= 0.6 is 0 Å². The summed E-state index contributed by atoms with van der Waals surface area (Å²) in [7, 11) is 0. The van der Waals surface area contributed by atoms with E-state index in [0.717, 1.165) is 6.54 Å². The summed E-state index contributed by atoms with van der Waals surface area (Å²) >= 11 is 0. The summed E-state index contributed by atoms with van der Waals surface area (Å²) in [6.45, 7) is 4.80. The van der Waals surface area contributed by atoms with Crippen LogP contribution in [-0.4, -0.2) is 27.7 Å². The maximum atomic E-state index is 11.7. The van der Waals surface area contributed by atoms with E-state index in [9.17, 15) is 4.79 Å². The molecule has 2 atom stereocenters. The fourth-order valence-electron chi connectivity index (χ4n) is 1.94. The molecular formula is C12H20N4O. The van der Waals surface area contributed by atoms with E-state index in [-0.39, 0.29) is 18.1 Å². The van der Waals surface area contributed by atoms with Crippen molar-refractivity contribution < 1.29 is 4.79 Å². The van der Waals surface area contributed by atoms with Gasteiger partial charge in [0.2, 0.25) is 0 Å². The molecular weight excluding hydrogens is 216 g/mol. The second kappa shape index (κ2) is 5.21. The highest BCUT2D eigenvalue weighted by Crippen LogP contribution is 2.32. The molecule has 17 heavy (non-hydrogen) atoms. The Bertz CT molecular complexity index is 359. The molecule has 2 unspecified atom stereocenters. The summed E-state index contributed by atoms with van der Waals surface area (Å²) in [5, 5.41) is 5.91. The van der Waals surface area contributed by atoms with Crippen LogP contribution in [0.5, 0.6) is 0 Å². The molecule has 2 N–H and O–H groups in total. The molecule has 1 aliphatic carbocycles. The maximum absolute atomic E-state index is 11.7. The third-order valence-electron chi connectivity index (χ3n) is 3.11. The van der Waals surface area contributed by atoms with Crippen molar-refractivity contribution in [2.24, 2.45) is 5.92 Å². The molecule has 0 aliphatic heterocycles. The van der Waals surface area contributed by atoms with E-state index < -0.39 is 0 Å². The largest absolute Gasteiger partial charge is 0.335 e. The van der Waals surface area contributed by atoms with E-state index >= 15 is 0 Å². The lowest BCUT2D eigenvalue weighted by Crippen LogP contribution is -2.46. The van der Waals surface area contributed by atoms with Gasteiger partial charge in [0, 0.05) is 31.0 Å². The van der Waals surface area contributed by atoms with Gasteiger partial charge < -0.3 is 15.2 Å². The Hall–Kier alpha value is -1.52. The normalized spacial score (nSPS) is 18.5. The summed E-state index contributed by atoms with van der Waals surface area (Å²) in [6, 6.07) is 0.308. The van der Waals surface area contributed by atoms with E-state index in [4.69, 9.17) is 0 Å². The van der Waals surface area contributed by atoms with E-state index in [1.165, 1.54) is 12.8 Å². The van der Waals surface area contributed by atoms with Crippen molar-refractivity contribution in [1.29, 1.82) is 0 Å². The molecule has 5 nitrogen and oxygen atoms in total. The fourth-order valence-corrected chi connectivity index (χ4v) is 1.94. The van der Waals surface area contributed by atoms with Gasteiger partial charge in [0.05, 0.1) is 6.33 Å². The van der Waals surface area contributed by atoms with Gasteiger partial charge >= 0.3 is 6.03 Å². The van der Waals surface area contributed by atoms with Gasteiger partial charge in [0.15, 0.2) is 0 Å². The molecule has 1 aliphatic rings. The van der Waals surface area contributed by atoms with E-state index in [0.29, 0.717) is 5.92 Å². The number of carbonyl (C=O) groups is 1. The number of nitrogens with one attached hydrogen (secondary N) is 2. The molecule has 1 fully saturated rings. The van der Waals surface area contributed by atoms with Gasteiger partial charge in [0.1, 0.15) is 0 Å². The van der Waals surface area contributed by atoms with Crippen molar-refractivity contribution in [2.45, 2.75) is 45.3 Å². The number of urea groups is 1. The van der Waals surface area contributed by atoms with Gasteiger partial charge in [0.25, 0.3) is 0 Å². The lowest BCUT2D eigenvalue weighted by molar-refractivity contribution is 0.232. The van der Waals surface area contributed by atoms with Crippen LogP contribution < -0.4 is 10.6 Å². The summed E-state index contributed by atoms with van der Waals surface area (Å²) in [6.07, 6.45) is 7.87. The van der Waals surface area contributed by atoms with Crippen LogP contribution in [0.15, 0.2) is 18.7 Å². The minimum atomic E-state index is -0.0722. The number of rotatable bonds is 5. The summed E-state index contributed by atoms with van der Waals surface area (Å²) in [5.41, 5.74) is 0. The van der Waals surface area contributed by atoms with E-state index in [1.807, 2.05) is 17.7 Å². The Kier molecular flexibility index (Phi) is 3.66. The number of aromatic nitrogens is 2. The third kappa shape index (κ3) is 3.76. The van der Waals surface area contributed by atoms with Gasteiger partial charge in [-0.25, -0.2) is 9.78 Å². The number of hydrogen-bond donors (Lipinski definition) is 2. The topological polar surface area (TPSA) is 59.0 Å². The van der Waals surface area contributed by atoms with E-state index in [2.05, 4.69) is 22.5 Å². The van der Waals surface area contributed by atoms with Crippen LogP contribution in [0, 0.1) is 5.92 Å².